The lowest BCUT2D eigenvalue weighted by Gasteiger charge is -2.21. The number of benzene rings is 1. The molecule has 0 radical (unpaired) electrons. The maximum atomic E-state index is 4.52. The highest BCUT2D eigenvalue weighted by atomic mass is 32.1. The Bertz CT molecular complexity index is 691. The fourth-order valence-electron chi connectivity index (χ4n) is 2.29. The highest BCUT2D eigenvalue weighted by molar-refractivity contribution is 7.15. The Labute approximate surface area is 134 Å². The van der Waals surface area contributed by atoms with Crippen LogP contribution in [0.2, 0.25) is 0 Å². The van der Waals surface area contributed by atoms with E-state index in [-0.39, 0.29) is 0 Å². The quantitative estimate of drug-likeness (QED) is 0.754. The molecule has 4 nitrogen and oxygen atoms in total. The minimum Gasteiger partial charge on any atom is -0.307 e. The van der Waals surface area contributed by atoms with Gasteiger partial charge < -0.3 is 5.32 Å². The first-order valence-corrected chi connectivity index (χ1v) is 8.28. The van der Waals surface area contributed by atoms with Crippen LogP contribution < -0.4 is 5.32 Å². The van der Waals surface area contributed by atoms with Gasteiger partial charge in [0.15, 0.2) is 0 Å². The van der Waals surface area contributed by atoms with Crippen molar-refractivity contribution in [3.05, 3.63) is 59.9 Å². The molecule has 0 saturated carbocycles. The molecule has 0 aliphatic rings. The lowest BCUT2D eigenvalue weighted by Crippen LogP contribution is -2.33. The smallest absolute Gasteiger partial charge is 0.123 e. The molecular formula is C17H20N4S. The maximum Gasteiger partial charge on any atom is 0.123 e. The van der Waals surface area contributed by atoms with Crippen LogP contribution in [0.3, 0.4) is 0 Å². The average Bonchev–Trinajstić information content (AvgIpc) is 3.24. The summed E-state index contributed by atoms with van der Waals surface area (Å²) in [7, 11) is 0. The van der Waals surface area contributed by atoms with Gasteiger partial charge in [-0.05, 0) is 19.9 Å². The molecule has 1 aromatic carbocycles. The zero-order valence-electron chi connectivity index (χ0n) is 12.8. The van der Waals surface area contributed by atoms with Crippen molar-refractivity contribution in [1.29, 1.82) is 0 Å². The molecule has 5 heteroatoms. The average molecular weight is 312 g/mol. The van der Waals surface area contributed by atoms with Crippen LogP contribution in [-0.2, 0) is 6.54 Å². The molecule has 114 valence electrons. The Morgan fingerprint density at radius 2 is 2.00 bits per heavy atom. The molecule has 0 bridgehead atoms. The van der Waals surface area contributed by atoms with E-state index in [9.17, 15) is 0 Å². The summed E-state index contributed by atoms with van der Waals surface area (Å²) >= 11 is 1.74. The lowest BCUT2D eigenvalue weighted by atomic mass is 10.2. The summed E-state index contributed by atoms with van der Waals surface area (Å²) in [6.45, 7) is 5.19. The van der Waals surface area contributed by atoms with Crippen molar-refractivity contribution < 1.29 is 0 Å². The minimum absolute atomic E-state index is 0.316. The Balaban J connectivity index is 1.59. The van der Waals surface area contributed by atoms with Crippen molar-refractivity contribution in [2.24, 2.45) is 0 Å². The van der Waals surface area contributed by atoms with Crippen LogP contribution >= 0.6 is 11.3 Å². The Morgan fingerprint density at radius 1 is 1.18 bits per heavy atom. The van der Waals surface area contributed by atoms with Gasteiger partial charge in [-0.2, -0.15) is 5.10 Å². The summed E-state index contributed by atoms with van der Waals surface area (Å²) in [5.41, 5.74) is 1.18. The highest BCUT2D eigenvalue weighted by Crippen LogP contribution is 2.24. The van der Waals surface area contributed by atoms with Crippen LogP contribution in [0.5, 0.6) is 0 Å². The summed E-state index contributed by atoms with van der Waals surface area (Å²) in [5.74, 6) is 0. The van der Waals surface area contributed by atoms with Gasteiger partial charge in [-0.1, -0.05) is 30.3 Å². The molecule has 1 N–H and O–H groups in total. The minimum atomic E-state index is 0.316. The maximum absolute atomic E-state index is 4.52. The van der Waals surface area contributed by atoms with Crippen LogP contribution in [0, 0.1) is 0 Å². The molecule has 0 spiro atoms. The van der Waals surface area contributed by atoms with E-state index in [1.807, 2.05) is 47.5 Å². The van der Waals surface area contributed by atoms with E-state index in [1.54, 1.807) is 11.3 Å². The Morgan fingerprint density at radius 3 is 2.73 bits per heavy atom. The number of nitrogens with one attached hydrogen (secondary N) is 1. The third-order valence-electron chi connectivity index (χ3n) is 3.84. The lowest BCUT2D eigenvalue weighted by molar-refractivity contribution is 0.366. The van der Waals surface area contributed by atoms with E-state index in [2.05, 4.69) is 41.4 Å². The van der Waals surface area contributed by atoms with Crippen molar-refractivity contribution in [3.8, 4) is 10.6 Å². The summed E-state index contributed by atoms with van der Waals surface area (Å²) in [6, 6.07) is 12.9. The van der Waals surface area contributed by atoms with E-state index in [0.717, 1.165) is 11.6 Å². The van der Waals surface area contributed by atoms with Crippen molar-refractivity contribution in [1.82, 2.24) is 20.1 Å². The van der Waals surface area contributed by atoms with Gasteiger partial charge in [0.25, 0.3) is 0 Å². The van der Waals surface area contributed by atoms with Crippen LogP contribution in [0.15, 0.2) is 55.0 Å². The molecule has 2 aromatic heterocycles. The molecule has 2 atom stereocenters. The van der Waals surface area contributed by atoms with E-state index >= 15 is 0 Å². The van der Waals surface area contributed by atoms with Crippen LogP contribution in [-0.4, -0.2) is 20.8 Å². The fourth-order valence-corrected chi connectivity index (χ4v) is 3.15. The highest BCUT2D eigenvalue weighted by Gasteiger charge is 2.14. The van der Waals surface area contributed by atoms with Crippen molar-refractivity contribution in [3.63, 3.8) is 0 Å². The number of thiazole rings is 1. The number of aromatic nitrogens is 3. The van der Waals surface area contributed by atoms with Gasteiger partial charge in [0.2, 0.25) is 0 Å². The first-order chi connectivity index (χ1) is 10.7. The van der Waals surface area contributed by atoms with Gasteiger partial charge in [0.05, 0.1) is 6.04 Å². The van der Waals surface area contributed by atoms with E-state index in [0.29, 0.717) is 12.1 Å². The predicted molar refractivity (Wildman–Crippen MR) is 90.8 cm³/mol. The molecule has 0 saturated heterocycles. The summed E-state index contributed by atoms with van der Waals surface area (Å²) in [6.07, 6.45) is 5.78. The fraction of sp³-hybridized carbons (Fsp3) is 0.294. The zero-order chi connectivity index (χ0) is 15.4. The first kappa shape index (κ1) is 14.9. The van der Waals surface area contributed by atoms with Crippen LogP contribution in [0.4, 0.5) is 0 Å². The van der Waals surface area contributed by atoms with E-state index in [1.165, 1.54) is 10.4 Å². The second-order valence-corrected chi connectivity index (χ2v) is 6.51. The molecule has 0 aliphatic heterocycles. The van der Waals surface area contributed by atoms with Gasteiger partial charge in [-0.3, -0.25) is 4.68 Å². The number of hydrogen-bond acceptors (Lipinski definition) is 4. The molecule has 0 amide bonds. The molecule has 2 heterocycles. The van der Waals surface area contributed by atoms with Crippen LogP contribution in [0.1, 0.15) is 24.8 Å². The summed E-state index contributed by atoms with van der Waals surface area (Å²) in [4.78, 5) is 5.77. The zero-order valence-corrected chi connectivity index (χ0v) is 13.6. The van der Waals surface area contributed by atoms with Crippen LogP contribution in [0.25, 0.3) is 10.6 Å². The predicted octanol–water partition coefficient (Wildman–Crippen LogP) is 3.75. The molecule has 22 heavy (non-hydrogen) atoms. The Kier molecular flexibility index (Phi) is 4.65. The first-order valence-electron chi connectivity index (χ1n) is 7.46. The monoisotopic (exact) mass is 312 g/mol. The van der Waals surface area contributed by atoms with Gasteiger partial charge in [-0.25, -0.2) is 4.98 Å². The molecule has 0 unspecified atom stereocenters. The van der Waals surface area contributed by atoms with Crippen molar-refractivity contribution >= 4 is 11.3 Å². The number of rotatable bonds is 6. The second-order valence-electron chi connectivity index (χ2n) is 5.39. The van der Waals surface area contributed by atoms with Gasteiger partial charge in [0, 0.05) is 41.6 Å². The van der Waals surface area contributed by atoms with E-state index in [4.69, 9.17) is 0 Å². The van der Waals surface area contributed by atoms with E-state index < -0.39 is 0 Å². The molecular weight excluding hydrogens is 292 g/mol. The normalized spacial score (nSPS) is 13.9. The molecule has 3 rings (SSSR count). The SMILES string of the molecule is C[C@H](NCc1cnc(-c2ccccc2)s1)[C@H](C)n1cccn1. The van der Waals surface area contributed by atoms with Gasteiger partial charge in [-0.15, -0.1) is 11.3 Å². The molecule has 0 aliphatic carbocycles. The van der Waals surface area contributed by atoms with Gasteiger partial charge >= 0.3 is 0 Å². The number of hydrogen-bond donors (Lipinski definition) is 1. The molecule has 3 aromatic rings. The topological polar surface area (TPSA) is 42.7 Å². The summed E-state index contributed by atoms with van der Waals surface area (Å²) < 4.78 is 1.99. The summed E-state index contributed by atoms with van der Waals surface area (Å²) in [5, 5.41) is 8.94. The van der Waals surface area contributed by atoms with Crippen molar-refractivity contribution in [2.75, 3.05) is 0 Å². The molecule has 0 fully saturated rings. The van der Waals surface area contributed by atoms with Crippen molar-refractivity contribution in [2.45, 2.75) is 32.5 Å². The third-order valence-corrected chi connectivity index (χ3v) is 4.88. The Hall–Kier alpha value is -1.98. The standard InChI is InChI=1S/C17H20N4S/c1-13(14(2)21-10-6-9-20-21)18-11-16-12-19-17(22-16)15-7-4-3-5-8-15/h3-10,12-14,18H,11H2,1-2H3/t13-,14-/m0/s1. The number of nitrogens with zero attached hydrogens (tertiary/aromatic N) is 3. The van der Waals surface area contributed by atoms with Gasteiger partial charge in [0.1, 0.15) is 5.01 Å². The third kappa shape index (κ3) is 3.43. The largest absolute Gasteiger partial charge is 0.307 e. The second kappa shape index (κ2) is 6.85.